The van der Waals surface area contributed by atoms with Gasteiger partial charge in [0.25, 0.3) is 5.56 Å². The van der Waals surface area contributed by atoms with Crippen LogP contribution in [0, 0.1) is 18.6 Å². The van der Waals surface area contributed by atoms with Crippen molar-refractivity contribution in [2.75, 3.05) is 0 Å². The minimum absolute atomic E-state index is 0.148. The Kier molecular flexibility index (Phi) is 4.13. The maximum absolute atomic E-state index is 14.4. The van der Waals surface area contributed by atoms with Crippen LogP contribution in [0.2, 0.25) is 0 Å². The summed E-state index contributed by atoms with van der Waals surface area (Å²) in [4.78, 5) is 18.8. The molecule has 0 N–H and O–H groups in total. The Morgan fingerprint density at radius 3 is 2.62 bits per heavy atom. The van der Waals surface area contributed by atoms with E-state index in [9.17, 15) is 13.6 Å². The first-order chi connectivity index (χ1) is 12.5. The second kappa shape index (κ2) is 6.34. The molecule has 2 heterocycles. The fourth-order valence-corrected chi connectivity index (χ4v) is 4.39. The van der Waals surface area contributed by atoms with E-state index >= 15 is 0 Å². The van der Waals surface area contributed by atoms with Crippen molar-refractivity contribution < 1.29 is 8.78 Å². The Bertz CT molecular complexity index is 1210. The summed E-state index contributed by atoms with van der Waals surface area (Å²) in [7, 11) is 0. The van der Waals surface area contributed by atoms with Gasteiger partial charge in [0, 0.05) is 16.0 Å². The fourth-order valence-electron chi connectivity index (χ4n) is 2.99. The second-order valence-corrected chi connectivity index (χ2v) is 7.33. The SMILES string of the molecule is Cc1sc2nc(S)n(-c3cccc(F)c3)c(=O)c2c1-c1ccccc1F. The highest BCUT2D eigenvalue weighted by Gasteiger charge is 2.21. The van der Waals surface area contributed by atoms with Crippen molar-refractivity contribution in [3.8, 4) is 16.8 Å². The lowest BCUT2D eigenvalue weighted by molar-refractivity contribution is 0.625. The average Bonchev–Trinajstić information content (AvgIpc) is 2.91. The van der Waals surface area contributed by atoms with Crippen LogP contribution < -0.4 is 5.56 Å². The highest BCUT2D eigenvalue weighted by Crippen LogP contribution is 2.37. The smallest absolute Gasteiger partial charge is 0.268 e. The van der Waals surface area contributed by atoms with Crippen molar-refractivity contribution in [3.63, 3.8) is 0 Å². The van der Waals surface area contributed by atoms with Crippen molar-refractivity contribution in [2.45, 2.75) is 12.1 Å². The van der Waals surface area contributed by atoms with E-state index in [1.807, 2.05) is 6.92 Å². The van der Waals surface area contributed by atoms with Crippen LogP contribution in [0.1, 0.15) is 4.88 Å². The number of nitrogens with zero attached hydrogens (tertiary/aromatic N) is 2. The highest BCUT2D eigenvalue weighted by atomic mass is 32.1. The van der Waals surface area contributed by atoms with Gasteiger partial charge in [0.1, 0.15) is 16.5 Å². The molecule has 4 rings (SSSR count). The van der Waals surface area contributed by atoms with Crippen LogP contribution in [0.5, 0.6) is 0 Å². The van der Waals surface area contributed by atoms with Gasteiger partial charge in [0.05, 0.1) is 11.1 Å². The molecule has 0 aliphatic carbocycles. The van der Waals surface area contributed by atoms with E-state index in [4.69, 9.17) is 0 Å². The van der Waals surface area contributed by atoms with E-state index in [-0.39, 0.29) is 5.16 Å². The number of aryl methyl sites for hydroxylation is 1. The van der Waals surface area contributed by atoms with Crippen molar-refractivity contribution in [2.24, 2.45) is 0 Å². The van der Waals surface area contributed by atoms with Gasteiger partial charge in [0.2, 0.25) is 0 Å². The molecule has 0 saturated carbocycles. The molecule has 0 unspecified atom stereocenters. The molecule has 0 saturated heterocycles. The Balaban J connectivity index is 2.11. The lowest BCUT2D eigenvalue weighted by Crippen LogP contribution is -2.21. The molecule has 0 aliphatic heterocycles. The molecule has 0 aliphatic rings. The zero-order valence-electron chi connectivity index (χ0n) is 13.5. The summed E-state index contributed by atoms with van der Waals surface area (Å²) < 4.78 is 29.2. The largest absolute Gasteiger partial charge is 0.268 e. The Hall–Kier alpha value is -2.51. The Labute approximate surface area is 157 Å². The summed E-state index contributed by atoms with van der Waals surface area (Å²) in [5.74, 6) is -0.889. The Morgan fingerprint density at radius 1 is 1.12 bits per heavy atom. The lowest BCUT2D eigenvalue weighted by Gasteiger charge is -2.10. The molecule has 130 valence electrons. The van der Waals surface area contributed by atoms with E-state index < -0.39 is 17.2 Å². The maximum Gasteiger partial charge on any atom is 0.268 e. The highest BCUT2D eigenvalue weighted by molar-refractivity contribution is 7.80. The number of halogens is 2. The first kappa shape index (κ1) is 16.9. The van der Waals surface area contributed by atoms with Crippen LogP contribution in [0.25, 0.3) is 27.0 Å². The van der Waals surface area contributed by atoms with Crippen molar-refractivity contribution in [1.82, 2.24) is 9.55 Å². The van der Waals surface area contributed by atoms with Crippen LogP contribution in [0.4, 0.5) is 8.78 Å². The van der Waals surface area contributed by atoms with Gasteiger partial charge in [-0.1, -0.05) is 24.3 Å². The molecule has 0 atom stereocenters. The monoisotopic (exact) mass is 386 g/mol. The van der Waals surface area contributed by atoms with Crippen LogP contribution >= 0.6 is 24.0 Å². The molecule has 26 heavy (non-hydrogen) atoms. The van der Waals surface area contributed by atoms with Gasteiger partial charge < -0.3 is 0 Å². The maximum atomic E-state index is 14.4. The zero-order chi connectivity index (χ0) is 18.4. The van der Waals surface area contributed by atoms with Crippen molar-refractivity contribution in [1.29, 1.82) is 0 Å². The molecule has 4 aromatic rings. The second-order valence-electron chi connectivity index (χ2n) is 5.73. The topological polar surface area (TPSA) is 34.9 Å². The third-order valence-corrected chi connectivity index (χ3v) is 5.39. The minimum atomic E-state index is -0.474. The molecule has 2 aromatic heterocycles. The minimum Gasteiger partial charge on any atom is -0.268 e. The normalized spacial score (nSPS) is 11.2. The molecule has 7 heteroatoms. The Morgan fingerprint density at radius 2 is 1.88 bits per heavy atom. The molecule has 3 nitrogen and oxygen atoms in total. The molecular formula is C19H12F2N2OS2. The summed E-state index contributed by atoms with van der Waals surface area (Å²) in [5, 5.41) is 0.453. The van der Waals surface area contributed by atoms with Crippen molar-refractivity contribution >= 4 is 34.2 Å². The van der Waals surface area contributed by atoms with E-state index in [2.05, 4.69) is 17.6 Å². The van der Waals surface area contributed by atoms with Gasteiger partial charge in [-0.05, 0) is 31.2 Å². The van der Waals surface area contributed by atoms with Gasteiger partial charge in [0.15, 0.2) is 5.16 Å². The first-order valence-corrected chi connectivity index (χ1v) is 8.99. The van der Waals surface area contributed by atoms with Crippen LogP contribution in [-0.2, 0) is 0 Å². The predicted molar refractivity (Wildman–Crippen MR) is 103 cm³/mol. The van der Waals surface area contributed by atoms with Gasteiger partial charge in [-0.25, -0.2) is 13.8 Å². The van der Waals surface area contributed by atoms with E-state index in [1.54, 1.807) is 24.3 Å². The number of thiol groups is 1. The number of hydrogen-bond acceptors (Lipinski definition) is 4. The predicted octanol–water partition coefficient (Wildman–Crippen LogP) is 4.99. The average molecular weight is 386 g/mol. The zero-order valence-corrected chi connectivity index (χ0v) is 15.2. The van der Waals surface area contributed by atoms with Gasteiger partial charge in [-0.15, -0.1) is 24.0 Å². The number of fused-ring (bicyclic) bond motifs is 1. The number of hydrogen-bond donors (Lipinski definition) is 1. The standard InChI is InChI=1S/C19H12F2N2OS2/c1-10-15(13-7-2-3-8-14(13)21)16-17(26-10)22-19(25)23(18(16)24)12-6-4-5-11(20)9-12/h2-9H,1H3,(H,22,25). The quantitative estimate of drug-likeness (QED) is 0.389. The van der Waals surface area contributed by atoms with Gasteiger partial charge >= 0.3 is 0 Å². The van der Waals surface area contributed by atoms with E-state index in [1.165, 1.54) is 40.2 Å². The van der Waals surface area contributed by atoms with Gasteiger partial charge in [-0.3, -0.25) is 9.36 Å². The number of thiophene rings is 1. The van der Waals surface area contributed by atoms with Crippen LogP contribution in [0.15, 0.2) is 58.5 Å². The third-order valence-electron chi connectivity index (χ3n) is 4.09. The molecule has 2 aromatic carbocycles. The fraction of sp³-hybridized carbons (Fsp3) is 0.0526. The molecule has 0 fully saturated rings. The molecule has 0 spiro atoms. The summed E-state index contributed by atoms with van der Waals surface area (Å²) in [6, 6.07) is 11.9. The lowest BCUT2D eigenvalue weighted by atomic mass is 10.0. The van der Waals surface area contributed by atoms with E-state index in [0.717, 1.165) is 4.88 Å². The van der Waals surface area contributed by atoms with Crippen LogP contribution in [0.3, 0.4) is 0 Å². The summed E-state index contributed by atoms with van der Waals surface area (Å²) >= 11 is 5.61. The van der Waals surface area contributed by atoms with E-state index in [0.29, 0.717) is 27.0 Å². The summed E-state index contributed by atoms with van der Waals surface area (Å²) in [5.41, 5.74) is 0.762. The molecule has 0 bridgehead atoms. The number of benzene rings is 2. The third kappa shape index (κ3) is 2.64. The number of aromatic nitrogens is 2. The summed E-state index contributed by atoms with van der Waals surface area (Å²) in [6.07, 6.45) is 0. The molecule has 0 radical (unpaired) electrons. The molecule has 0 amide bonds. The number of rotatable bonds is 2. The van der Waals surface area contributed by atoms with Crippen molar-refractivity contribution in [3.05, 3.63) is 75.4 Å². The van der Waals surface area contributed by atoms with Gasteiger partial charge in [-0.2, -0.15) is 0 Å². The molecular weight excluding hydrogens is 374 g/mol. The first-order valence-electron chi connectivity index (χ1n) is 7.73. The summed E-state index contributed by atoms with van der Waals surface area (Å²) in [6.45, 7) is 1.82. The van der Waals surface area contributed by atoms with Crippen LogP contribution in [-0.4, -0.2) is 9.55 Å².